The number of amides is 2. The Hall–Kier alpha value is -3.08. The summed E-state index contributed by atoms with van der Waals surface area (Å²) in [5.41, 5.74) is 1.60. The molecule has 0 aromatic heterocycles. The highest BCUT2D eigenvalue weighted by atomic mass is 19.1. The molecule has 1 aromatic rings. The number of fused-ring (bicyclic) bond motifs is 3. The van der Waals surface area contributed by atoms with Crippen LogP contribution in [-0.2, 0) is 9.59 Å². The lowest BCUT2D eigenvalue weighted by Gasteiger charge is -2.35. The summed E-state index contributed by atoms with van der Waals surface area (Å²) >= 11 is 0. The summed E-state index contributed by atoms with van der Waals surface area (Å²) < 4.78 is 19.5. The predicted octanol–water partition coefficient (Wildman–Crippen LogP) is 3.18. The summed E-state index contributed by atoms with van der Waals surface area (Å²) in [6.45, 7) is 0.533. The lowest BCUT2D eigenvalue weighted by atomic mass is 9.77. The number of nitrogens with zero attached hydrogens (tertiary/aromatic N) is 2. The van der Waals surface area contributed by atoms with Crippen molar-refractivity contribution in [2.24, 2.45) is 11.8 Å². The molecule has 0 radical (unpaired) electrons. The second kappa shape index (κ2) is 7.80. The molecule has 1 unspecified atom stereocenters. The minimum atomic E-state index is -0.731. The quantitative estimate of drug-likeness (QED) is 0.753. The zero-order valence-corrected chi connectivity index (χ0v) is 18.1. The number of carbonyl (C=O) groups is 2. The molecule has 2 fully saturated rings. The number of nitriles is 1. The van der Waals surface area contributed by atoms with Gasteiger partial charge in [0.05, 0.1) is 30.8 Å². The predicted molar refractivity (Wildman–Crippen MR) is 116 cm³/mol. The highest BCUT2D eigenvalue weighted by molar-refractivity contribution is 5.94. The maximum Gasteiger partial charge on any atom is 0.230 e. The summed E-state index contributed by atoms with van der Waals surface area (Å²) in [6, 6.07) is 5.02. The van der Waals surface area contributed by atoms with Gasteiger partial charge in [-0.3, -0.25) is 9.59 Å². The van der Waals surface area contributed by atoms with Crippen LogP contribution in [0.25, 0.3) is 5.57 Å². The zero-order valence-electron chi connectivity index (χ0n) is 18.1. The highest BCUT2D eigenvalue weighted by Crippen LogP contribution is 2.45. The Kier molecular flexibility index (Phi) is 5.07. The maximum absolute atomic E-state index is 14.1. The van der Waals surface area contributed by atoms with Crippen LogP contribution in [0.3, 0.4) is 0 Å². The molecule has 3 atom stereocenters. The van der Waals surface area contributed by atoms with Crippen LogP contribution in [0.5, 0.6) is 5.75 Å². The van der Waals surface area contributed by atoms with Crippen LogP contribution in [0.2, 0.25) is 0 Å². The molecule has 2 saturated carbocycles. The SMILES string of the molecule is COc1cc(F)cc2c1NC1CCN(C(=O)[C@@H]3CCCC[C@H]3C(=O)NC3(C#N)CC3)C=C21. The number of hydrogen-bond donors (Lipinski definition) is 2. The number of nitrogens with one attached hydrogen (secondary N) is 2. The minimum Gasteiger partial charge on any atom is -0.494 e. The van der Waals surface area contributed by atoms with E-state index in [4.69, 9.17) is 4.74 Å². The van der Waals surface area contributed by atoms with Gasteiger partial charge in [0, 0.05) is 35.9 Å². The van der Waals surface area contributed by atoms with E-state index in [0.29, 0.717) is 50.0 Å². The Morgan fingerprint density at radius 2 is 2.00 bits per heavy atom. The Morgan fingerprint density at radius 3 is 2.69 bits per heavy atom. The fourth-order valence-corrected chi connectivity index (χ4v) is 5.29. The number of methoxy groups -OCH3 is 1. The van der Waals surface area contributed by atoms with Crippen LogP contribution in [0.15, 0.2) is 18.3 Å². The average Bonchev–Trinajstić information content (AvgIpc) is 3.50. The summed E-state index contributed by atoms with van der Waals surface area (Å²) in [6.07, 6.45) is 6.98. The highest BCUT2D eigenvalue weighted by Gasteiger charge is 2.48. The third-order valence-electron chi connectivity index (χ3n) is 7.27. The lowest BCUT2D eigenvalue weighted by Crippen LogP contribution is -2.48. The van der Waals surface area contributed by atoms with Crippen molar-refractivity contribution in [3.8, 4) is 11.8 Å². The molecular formula is C24H27FN4O3. The van der Waals surface area contributed by atoms with E-state index in [2.05, 4.69) is 16.7 Å². The second-order valence-corrected chi connectivity index (χ2v) is 9.31. The van der Waals surface area contributed by atoms with E-state index in [1.807, 2.05) is 6.20 Å². The molecule has 2 N–H and O–H groups in total. The van der Waals surface area contributed by atoms with Gasteiger partial charge in [0.15, 0.2) is 0 Å². The largest absolute Gasteiger partial charge is 0.494 e. The first-order valence-electron chi connectivity index (χ1n) is 11.3. The number of ether oxygens (including phenoxy) is 1. The number of benzene rings is 1. The van der Waals surface area contributed by atoms with Gasteiger partial charge in [-0.25, -0.2) is 4.39 Å². The van der Waals surface area contributed by atoms with Gasteiger partial charge in [-0.1, -0.05) is 12.8 Å². The van der Waals surface area contributed by atoms with Crippen molar-refractivity contribution in [2.75, 3.05) is 19.0 Å². The molecule has 4 aliphatic rings. The van der Waals surface area contributed by atoms with Crippen molar-refractivity contribution < 1.29 is 18.7 Å². The number of hydrogen-bond acceptors (Lipinski definition) is 5. The van der Waals surface area contributed by atoms with E-state index in [1.54, 1.807) is 4.90 Å². The molecular weight excluding hydrogens is 411 g/mol. The smallest absolute Gasteiger partial charge is 0.230 e. The van der Waals surface area contributed by atoms with E-state index in [9.17, 15) is 19.2 Å². The number of halogens is 1. The molecule has 8 heteroatoms. The van der Waals surface area contributed by atoms with Gasteiger partial charge in [-0.05, 0) is 38.2 Å². The molecule has 0 saturated heterocycles. The van der Waals surface area contributed by atoms with Crippen LogP contribution >= 0.6 is 0 Å². The second-order valence-electron chi connectivity index (χ2n) is 9.31. The molecule has 7 nitrogen and oxygen atoms in total. The van der Waals surface area contributed by atoms with Crippen LogP contribution in [0, 0.1) is 29.0 Å². The minimum absolute atomic E-state index is 0.000514. The van der Waals surface area contributed by atoms with Crippen molar-refractivity contribution >= 4 is 23.1 Å². The third-order valence-corrected chi connectivity index (χ3v) is 7.27. The van der Waals surface area contributed by atoms with E-state index in [0.717, 1.165) is 24.1 Å². The molecule has 32 heavy (non-hydrogen) atoms. The molecule has 0 spiro atoms. The molecule has 0 bridgehead atoms. The fourth-order valence-electron chi connectivity index (χ4n) is 5.29. The first kappa shape index (κ1) is 20.8. The van der Waals surface area contributed by atoms with Gasteiger partial charge in [-0.2, -0.15) is 5.26 Å². The molecule has 168 valence electrons. The van der Waals surface area contributed by atoms with E-state index in [-0.39, 0.29) is 23.7 Å². The van der Waals surface area contributed by atoms with Gasteiger partial charge in [0.2, 0.25) is 11.8 Å². The van der Waals surface area contributed by atoms with E-state index < -0.39 is 17.4 Å². The van der Waals surface area contributed by atoms with Gasteiger partial charge in [0.25, 0.3) is 0 Å². The summed E-state index contributed by atoms with van der Waals surface area (Å²) in [5.74, 6) is -0.988. The van der Waals surface area contributed by atoms with Crippen molar-refractivity contribution in [1.29, 1.82) is 5.26 Å². The Labute approximate surface area is 186 Å². The summed E-state index contributed by atoms with van der Waals surface area (Å²) in [5, 5.41) is 15.6. The van der Waals surface area contributed by atoms with Crippen LogP contribution in [0.4, 0.5) is 10.1 Å². The van der Waals surface area contributed by atoms with Crippen LogP contribution in [-0.4, -0.2) is 41.9 Å². The molecule has 2 amide bonds. The molecule has 5 rings (SSSR count). The lowest BCUT2D eigenvalue weighted by molar-refractivity contribution is -0.142. The van der Waals surface area contributed by atoms with Crippen LogP contribution < -0.4 is 15.4 Å². The van der Waals surface area contributed by atoms with Crippen molar-refractivity contribution in [1.82, 2.24) is 10.2 Å². The average molecular weight is 439 g/mol. The normalized spacial score (nSPS) is 27.2. The van der Waals surface area contributed by atoms with E-state index >= 15 is 0 Å². The number of carbonyl (C=O) groups excluding carboxylic acids is 2. The summed E-state index contributed by atoms with van der Waals surface area (Å²) in [7, 11) is 1.51. The number of anilines is 1. The van der Waals surface area contributed by atoms with Crippen LogP contribution in [0.1, 0.15) is 50.5 Å². The molecule has 2 aliphatic carbocycles. The van der Waals surface area contributed by atoms with E-state index in [1.165, 1.54) is 19.2 Å². The van der Waals surface area contributed by atoms with Crippen molar-refractivity contribution in [3.63, 3.8) is 0 Å². The van der Waals surface area contributed by atoms with Gasteiger partial charge < -0.3 is 20.3 Å². The Balaban J connectivity index is 1.39. The number of rotatable bonds is 4. The fraction of sp³-hybridized carbons (Fsp3) is 0.542. The van der Waals surface area contributed by atoms with Gasteiger partial charge >= 0.3 is 0 Å². The molecule has 2 aliphatic heterocycles. The third kappa shape index (κ3) is 3.50. The maximum atomic E-state index is 14.1. The van der Waals surface area contributed by atoms with Gasteiger partial charge in [-0.15, -0.1) is 0 Å². The summed E-state index contributed by atoms with van der Waals surface area (Å²) in [4.78, 5) is 28.2. The standard InChI is InChI=1S/C24H27FN4O3/c1-32-20-11-14(25)10-17-18-12-29(9-6-19(18)27-21(17)20)23(31)16-5-3-2-4-15(16)22(30)28-24(13-26)7-8-24/h10-12,15-16,19,27H,2-9H2,1H3,(H,28,30)/t15-,16-,19?/m1/s1. The zero-order chi connectivity index (χ0) is 22.5. The molecule has 2 heterocycles. The van der Waals surface area contributed by atoms with Gasteiger partial charge in [0.1, 0.15) is 17.1 Å². The molecule has 1 aromatic carbocycles. The monoisotopic (exact) mass is 438 g/mol. The van der Waals surface area contributed by atoms with Crippen molar-refractivity contribution in [2.45, 2.75) is 56.5 Å². The Morgan fingerprint density at radius 1 is 1.25 bits per heavy atom. The first-order chi connectivity index (χ1) is 15.4. The Bertz CT molecular complexity index is 1040. The topological polar surface area (TPSA) is 94.5 Å². The van der Waals surface area contributed by atoms with Crippen molar-refractivity contribution in [3.05, 3.63) is 29.7 Å². The first-order valence-corrected chi connectivity index (χ1v) is 11.3.